The van der Waals surface area contributed by atoms with E-state index in [4.69, 9.17) is 11.6 Å². The molecule has 1 aliphatic heterocycles. The number of carbonyl (C=O) groups is 11. The fraction of sp³-hybridized carbons (Fsp3) is 0.299. The van der Waals surface area contributed by atoms with Gasteiger partial charge in [0.2, 0.25) is 59.1 Å². The van der Waals surface area contributed by atoms with Crippen molar-refractivity contribution in [2.45, 2.75) is 132 Å². The molecule has 0 saturated carbocycles. The van der Waals surface area contributed by atoms with Crippen LogP contribution in [0.25, 0.3) is 21.7 Å². The minimum absolute atomic E-state index is 0.0335. The molecule has 1 fully saturated rings. The molecule has 29 nitrogen and oxygen atoms in total. The van der Waals surface area contributed by atoms with E-state index < -0.39 is 132 Å². The summed E-state index contributed by atoms with van der Waals surface area (Å²) in [6, 6.07) is 24.8. The molecule has 5 aromatic carbocycles. The minimum Gasteiger partial charge on any atom is -0.508 e. The molecule has 10 amide bonds. The molecule has 5 heterocycles. The number of pyridine rings is 2. The molecule has 556 valence electrons. The Labute approximate surface area is 619 Å². The van der Waals surface area contributed by atoms with Gasteiger partial charge >= 0.3 is 5.97 Å². The fourth-order valence-electron chi connectivity index (χ4n) is 12.6. The predicted molar refractivity (Wildman–Crippen MR) is 393 cm³/mol. The molecule has 0 unspecified atom stereocenters. The summed E-state index contributed by atoms with van der Waals surface area (Å²) < 4.78 is 0. The number of carboxylic acids is 1. The Balaban J connectivity index is 0.898. The Kier molecular flexibility index (Phi) is 26.6. The van der Waals surface area contributed by atoms with Crippen molar-refractivity contribution in [3.05, 3.63) is 227 Å². The summed E-state index contributed by atoms with van der Waals surface area (Å²) in [5.41, 5.74) is 4.18. The van der Waals surface area contributed by atoms with Gasteiger partial charge < -0.3 is 78.0 Å². The summed E-state index contributed by atoms with van der Waals surface area (Å²) >= 11 is 6.25. The maximum atomic E-state index is 15.3. The molecule has 0 aliphatic carbocycles. The van der Waals surface area contributed by atoms with Crippen LogP contribution in [0.3, 0.4) is 0 Å². The lowest BCUT2D eigenvalue weighted by Crippen LogP contribution is -2.62. The highest BCUT2D eigenvalue weighted by molar-refractivity contribution is 6.30. The highest BCUT2D eigenvalue weighted by Crippen LogP contribution is 2.24. The van der Waals surface area contributed by atoms with Crippen LogP contribution in [0.2, 0.25) is 5.02 Å². The average molecular weight is 1480 g/mol. The molecule has 10 atom stereocenters. The van der Waals surface area contributed by atoms with Crippen LogP contribution in [0.15, 0.2) is 183 Å². The number of aliphatic hydroxyl groups excluding tert-OH is 1. The van der Waals surface area contributed by atoms with Crippen LogP contribution >= 0.6 is 11.6 Å². The van der Waals surface area contributed by atoms with Crippen molar-refractivity contribution in [1.29, 1.82) is 0 Å². The molecule has 0 spiro atoms. The van der Waals surface area contributed by atoms with E-state index >= 15 is 14.4 Å². The van der Waals surface area contributed by atoms with E-state index in [2.05, 4.69) is 72.8 Å². The Morgan fingerprint density at radius 1 is 0.505 bits per heavy atom. The number of aromatic hydroxyl groups is 1. The van der Waals surface area contributed by atoms with Gasteiger partial charge in [-0.3, -0.25) is 62.7 Å². The number of carboxylic acid groups (broad SMARTS) is 1. The second kappa shape index (κ2) is 36.9. The van der Waals surface area contributed by atoms with Crippen molar-refractivity contribution in [2.24, 2.45) is 0 Å². The molecule has 10 rings (SSSR count). The molecule has 14 N–H and O–H groups in total. The number of aliphatic carboxylic acids is 1. The first-order chi connectivity index (χ1) is 51.5. The summed E-state index contributed by atoms with van der Waals surface area (Å²) in [6.07, 6.45) is 9.48. The topological polar surface area (TPSA) is 430 Å². The lowest BCUT2D eigenvalue weighted by molar-refractivity contribution is -0.144. The van der Waals surface area contributed by atoms with Crippen molar-refractivity contribution in [3.63, 3.8) is 0 Å². The first-order valence-corrected chi connectivity index (χ1v) is 35.1. The van der Waals surface area contributed by atoms with E-state index in [1.807, 2.05) is 48.5 Å². The highest BCUT2D eigenvalue weighted by atomic mass is 35.5. The molecule has 9 aromatic rings. The summed E-state index contributed by atoms with van der Waals surface area (Å²) in [7, 11) is 0. The molecular weight excluding hydrogens is 1390 g/mol. The molecule has 30 heteroatoms. The second-order valence-corrected chi connectivity index (χ2v) is 26.6. The molecule has 1 aliphatic rings. The summed E-state index contributed by atoms with van der Waals surface area (Å²) in [5.74, 6) is -9.78. The van der Waals surface area contributed by atoms with Gasteiger partial charge in [0.05, 0.1) is 12.9 Å². The average Bonchev–Trinajstić information content (AvgIpc) is 1.76. The zero-order valence-corrected chi connectivity index (χ0v) is 59.1. The number of hydrogen-bond acceptors (Lipinski definition) is 16. The summed E-state index contributed by atoms with van der Waals surface area (Å²) in [5, 5.41) is 57.9. The van der Waals surface area contributed by atoms with E-state index in [1.165, 1.54) is 68.2 Å². The number of hydrogen-bond donors (Lipinski definition) is 14. The number of H-pyrrole nitrogens is 2. The third-order valence-corrected chi connectivity index (χ3v) is 18.5. The van der Waals surface area contributed by atoms with Gasteiger partial charge in [0, 0.05) is 117 Å². The van der Waals surface area contributed by atoms with Crippen molar-refractivity contribution < 1.29 is 68.1 Å². The summed E-state index contributed by atoms with van der Waals surface area (Å²) in [4.78, 5) is 177. The quantitative estimate of drug-likeness (QED) is 0.0276. The third-order valence-electron chi connectivity index (χ3n) is 18.2. The monoisotopic (exact) mass is 1480 g/mol. The molecule has 4 aromatic heterocycles. The number of fused-ring (bicyclic) bond motifs is 2. The predicted octanol–water partition coefficient (Wildman–Crippen LogP) is 2.66. The molecule has 107 heavy (non-hydrogen) atoms. The van der Waals surface area contributed by atoms with E-state index in [0.717, 1.165) is 10.8 Å². The van der Waals surface area contributed by atoms with Crippen molar-refractivity contribution in [3.8, 4) is 5.75 Å². The fourth-order valence-corrected chi connectivity index (χ4v) is 12.8. The van der Waals surface area contributed by atoms with E-state index in [1.54, 1.807) is 85.1 Å². The van der Waals surface area contributed by atoms with Crippen molar-refractivity contribution in [1.82, 2.24) is 77.7 Å². The number of nitrogens with zero attached hydrogens (tertiary/aromatic N) is 4. The number of aromatic nitrogens is 5. The second-order valence-electron chi connectivity index (χ2n) is 26.2. The Morgan fingerprint density at radius 3 is 1.54 bits per heavy atom. The van der Waals surface area contributed by atoms with Gasteiger partial charge in [-0.05, 0) is 106 Å². The number of amides is 10. The van der Waals surface area contributed by atoms with Gasteiger partial charge in [0.25, 0.3) is 0 Å². The zero-order chi connectivity index (χ0) is 76.1. The first-order valence-electron chi connectivity index (χ1n) is 34.7. The van der Waals surface area contributed by atoms with Crippen LogP contribution in [0, 0.1) is 0 Å². The number of carbonyl (C=O) groups excluding carboxylic acids is 10. The van der Waals surface area contributed by atoms with Gasteiger partial charge in [-0.1, -0.05) is 109 Å². The number of phenols is 1. The lowest BCUT2D eigenvalue weighted by Gasteiger charge is -2.31. The van der Waals surface area contributed by atoms with Gasteiger partial charge in [-0.25, -0.2) is 4.98 Å². The van der Waals surface area contributed by atoms with Gasteiger partial charge in [-0.2, -0.15) is 0 Å². The number of benzene rings is 5. The van der Waals surface area contributed by atoms with Crippen LogP contribution in [-0.4, -0.2) is 184 Å². The molecule has 0 radical (unpaired) electrons. The molecule has 0 bridgehead atoms. The Morgan fingerprint density at radius 2 is 0.991 bits per heavy atom. The lowest BCUT2D eigenvalue weighted by atomic mass is 9.99. The minimum atomic E-state index is -1.83. The molecule has 1 saturated heterocycles. The first kappa shape index (κ1) is 77.2. The number of aromatic amines is 2. The van der Waals surface area contributed by atoms with E-state index in [0.29, 0.717) is 61.4 Å². The maximum absolute atomic E-state index is 15.3. The number of aliphatic hydroxyl groups is 1. The normalized spacial score (nSPS) is 15.1. The van der Waals surface area contributed by atoms with Gasteiger partial charge in [0.15, 0.2) is 0 Å². The number of rotatable bonds is 34. The third kappa shape index (κ3) is 21.6. The number of para-hydroxylation sites is 1. The Bertz CT molecular complexity index is 4630. The van der Waals surface area contributed by atoms with Crippen molar-refractivity contribution in [2.75, 3.05) is 13.2 Å². The molecular formula is C77H82ClN15O14. The van der Waals surface area contributed by atoms with Crippen LogP contribution in [0.4, 0.5) is 0 Å². The largest absolute Gasteiger partial charge is 0.508 e. The van der Waals surface area contributed by atoms with E-state index in [9.17, 15) is 53.7 Å². The number of nitrogens with one attached hydrogen (secondary N) is 11. The van der Waals surface area contributed by atoms with Crippen LogP contribution in [0.1, 0.15) is 65.8 Å². The van der Waals surface area contributed by atoms with Crippen LogP contribution < -0.4 is 47.9 Å². The standard InChI is InChI=1S/C77H82ClN15O14/c1-44(77(106)107)84-75(104)67-16-9-29-93(67)76(105)65(32-47-20-25-56(96)26-21-47)91-72(101)63(36-53-40-82-58-15-6-5-14-57(53)58)89-70(99)61(34-49-10-7-27-79-38-49)88-73(102)64(37-55-41-81-43-83-55)90-74(103)66(42-94)92-71(100)62(35-50-11-8-28-80-39-50)87-69(98)60(31-46-18-23-54(78)24-19-46)86-68(97)59(85-45(2)95)33-48-17-22-51-12-3-4-13-52(51)30-48/h3-8,10-15,17-28,30,38-41,43-44,59-67,82,94,96H,9,16,29,31-37,42H2,1-2H3,(H,81,83)(H,84,104)(H,85,95)(H,86,97)(H,87,98)(H,88,102)(H,89,99)(H,90,103)(H,91,101)(H,92,100)(H,106,107)/t44-,59-,60-,61-,62-,63+,64+,65+,66+,67+/m1/s1. The summed E-state index contributed by atoms with van der Waals surface area (Å²) in [6.45, 7) is 1.55. The Hall–Kier alpha value is -12.4. The highest BCUT2D eigenvalue weighted by Gasteiger charge is 2.41. The van der Waals surface area contributed by atoms with E-state index in [-0.39, 0.29) is 63.7 Å². The number of imidazole rings is 1. The number of likely N-dealkylation sites (tertiary alicyclic amines) is 1. The smallest absolute Gasteiger partial charge is 0.325 e. The van der Waals surface area contributed by atoms with Crippen LogP contribution in [0.5, 0.6) is 5.75 Å². The van der Waals surface area contributed by atoms with Crippen molar-refractivity contribution >= 4 is 98.3 Å². The zero-order valence-electron chi connectivity index (χ0n) is 58.4. The number of halogens is 1. The van der Waals surface area contributed by atoms with Gasteiger partial charge in [-0.15, -0.1) is 0 Å². The maximum Gasteiger partial charge on any atom is 0.325 e. The van der Waals surface area contributed by atoms with Gasteiger partial charge in [0.1, 0.15) is 66.2 Å². The number of phenolic OH excluding ortho intramolecular Hbond substituents is 1. The SMILES string of the molecule is CC(=O)N[C@H](Cc1ccc2ccccc2c1)C(=O)N[C@H](Cc1ccc(Cl)cc1)C(=O)N[C@H](Cc1cccnc1)C(=O)N[C@@H](CO)C(=O)N[C@@H](Cc1cnc[nH]1)C(=O)N[C@H](Cc1cccnc1)C(=O)N[C@@H](Cc1c[nH]c2ccccc12)C(=O)N[C@@H](Cc1ccc(O)cc1)C(=O)N1CCC[C@H]1C(=O)N[C@H](C)C(=O)O. The van der Waals surface area contributed by atoms with Crippen LogP contribution in [-0.2, 0) is 97.7 Å².